The van der Waals surface area contributed by atoms with Crippen LogP contribution in [0.4, 0.5) is 0 Å². The Kier molecular flexibility index (Phi) is 3.89. The van der Waals surface area contributed by atoms with Crippen LogP contribution in [0.1, 0.15) is 47.4 Å². The van der Waals surface area contributed by atoms with Gasteiger partial charge < -0.3 is 9.64 Å². The molecule has 0 spiro atoms. The maximum atomic E-state index is 12.7. The second-order valence-electron chi connectivity index (χ2n) is 5.70. The van der Waals surface area contributed by atoms with E-state index < -0.39 is 0 Å². The van der Waals surface area contributed by atoms with E-state index in [9.17, 15) is 4.79 Å². The van der Waals surface area contributed by atoms with E-state index in [0.29, 0.717) is 30.1 Å². The molecule has 0 radical (unpaired) electrons. The molecule has 5 heteroatoms. The van der Waals surface area contributed by atoms with Gasteiger partial charge >= 0.3 is 0 Å². The largest absolute Gasteiger partial charge is 0.374 e. The lowest BCUT2D eigenvalue weighted by Crippen LogP contribution is -2.55. The molecule has 2 atom stereocenters. The van der Waals surface area contributed by atoms with Gasteiger partial charge in [0.05, 0.1) is 30.0 Å². The van der Waals surface area contributed by atoms with Crippen molar-refractivity contribution >= 4 is 5.91 Å². The highest BCUT2D eigenvalue weighted by Gasteiger charge is 2.37. The van der Waals surface area contributed by atoms with Gasteiger partial charge in [-0.3, -0.25) is 4.79 Å². The monoisotopic (exact) mass is 285 g/mol. The Bertz CT molecular complexity index is 592. The molecule has 0 aromatic carbocycles. The van der Waals surface area contributed by atoms with E-state index in [1.165, 1.54) is 6.42 Å². The third kappa shape index (κ3) is 2.64. The zero-order valence-electron chi connectivity index (χ0n) is 12.2. The molecule has 5 nitrogen and oxygen atoms in total. The second kappa shape index (κ2) is 5.82. The van der Waals surface area contributed by atoms with Crippen LogP contribution in [0.5, 0.6) is 0 Å². The van der Waals surface area contributed by atoms with Gasteiger partial charge in [-0.25, -0.2) is 4.98 Å². The van der Waals surface area contributed by atoms with Crippen molar-refractivity contribution in [2.45, 2.75) is 44.8 Å². The topological polar surface area (TPSA) is 66.2 Å². The number of nitriles is 1. The molecule has 2 fully saturated rings. The smallest absolute Gasteiger partial charge is 0.272 e. The van der Waals surface area contributed by atoms with Gasteiger partial charge in [-0.05, 0) is 31.9 Å². The first-order valence-electron chi connectivity index (χ1n) is 7.51. The maximum absolute atomic E-state index is 12.7. The molecule has 2 heterocycles. The molecule has 1 aromatic rings. The van der Waals surface area contributed by atoms with Gasteiger partial charge in [0.2, 0.25) is 0 Å². The van der Waals surface area contributed by atoms with Crippen LogP contribution in [0, 0.1) is 18.3 Å². The number of fused-ring (bicyclic) bond motifs is 1. The number of ether oxygens (including phenoxy) is 1. The molecule has 21 heavy (non-hydrogen) atoms. The second-order valence-corrected chi connectivity index (χ2v) is 5.70. The molecule has 2 aliphatic rings. The van der Waals surface area contributed by atoms with E-state index in [1.54, 1.807) is 19.1 Å². The van der Waals surface area contributed by atoms with Gasteiger partial charge in [0, 0.05) is 6.54 Å². The van der Waals surface area contributed by atoms with E-state index in [2.05, 4.69) is 11.1 Å². The van der Waals surface area contributed by atoms with Crippen LogP contribution in [0.3, 0.4) is 0 Å². The van der Waals surface area contributed by atoms with Crippen LogP contribution in [0.2, 0.25) is 0 Å². The lowest BCUT2D eigenvalue weighted by atomic mass is 9.90. The molecule has 1 amide bonds. The molecule has 1 saturated heterocycles. The third-order valence-electron chi connectivity index (χ3n) is 4.42. The summed E-state index contributed by atoms with van der Waals surface area (Å²) in [5.74, 6) is -0.0391. The molecular formula is C16H19N3O2. The fourth-order valence-corrected chi connectivity index (χ4v) is 3.29. The zero-order valence-corrected chi connectivity index (χ0v) is 12.2. The van der Waals surface area contributed by atoms with Crippen molar-refractivity contribution in [3.05, 3.63) is 29.1 Å². The fourth-order valence-electron chi connectivity index (χ4n) is 3.29. The molecule has 0 bridgehead atoms. The predicted molar refractivity (Wildman–Crippen MR) is 76.7 cm³/mol. The molecule has 0 unspecified atom stereocenters. The number of aromatic nitrogens is 1. The van der Waals surface area contributed by atoms with Crippen molar-refractivity contribution in [3.63, 3.8) is 0 Å². The van der Waals surface area contributed by atoms with Gasteiger partial charge in [0.25, 0.3) is 5.91 Å². The minimum atomic E-state index is -0.0391. The number of amides is 1. The van der Waals surface area contributed by atoms with E-state index in [0.717, 1.165) is 19.3 Å². The quantitative estimate of drug-likeness (QED) is 0.792. The Hall–Kier alpha value is -1.93. The zero-order chi connectivity index (χ0) is 14.8. The summed E-state index contributed by atoms with van der Waals surface area (Å²) in [5, 5.41) is 8.95. The number of carbonyl (C=O) groups excluding carboxylic acids is 1. The Morgan fingerprint density at radius 1 is 1.43 bits per heavy atom. The molecule has 0 N–H and O–H groups in total. The third-order valence-corrected chi connectivity index (χ3v) is 4.42. The first-order valence-corrected chi connectivity index (χ1v) is 7.51. The van der Waals surface area contributed by atoms with Crippen LogP contribution in [-0.4, -0.2) is 41.1 Å². The Labute approximate surface area is 124 Å². The molecular weight excluding hydrogens is 266 g/mol. The molecule has 1 saturated carbocycles. The molecule has 110 valence electrons. The number of morpholine rings is 1. The first kappa shape index (κ1) is 14.0. The highest BCUT2D eigenvalue weighted by molar-refractivity contribution is 5.92. The van der Waals surface area contributed by atoms with Gasteiger partial charge in [-0.1, -0.05) is 12.8 Å². The van der Waals surface area contributed by atoms with E-state index in [1.807, 2.05) is 4.90 Å². The minimum absolute atomic E-state index is 0.0391. The van der Waals surface area contributed by atoms with Gasteiger partial charge in [-0.2, -0.15) is 5.26 Å². The number of nitrogens with zero attached hydrogens (tertiary/aromatic N) is 3. The summed E-state index contributed by atoms with van der Waals surface area (Å²) in [6.07, 6.45) is 4.54. The lowest BCUT2D eigenvalue weighted by Gasteiger charge is -2.43. The van der Waals surface area contributed by atoms with Gasteiger partial charge in [0.1, 0.15) is 11.8 Å². The van der Waals surface area contributed by atoms with Crippen molar-refractivity contribution in [1.29, 1.82) is 5.26 Å². The first-order chi connectivity index (χ1) is 10.2. The number of hydrogen-bond donors (Lipinski definition) is 0. The SMILES string of the molecule is Cc1nc(C(=O)N2CCO[C@@H]3CCCC[C@H]32)ccc1C#N. The average Bonchev–Trinajstić information content (AvgIpc) is 2.53. The fraction of sp³-hybridized carbons (Fsp3) is 0.562. The Morgan fingerprint density at radius 2 is 2.24 bits per heavy atom. The van der Waals surface area contributed by atoms with Crippen LogP contribution in [0.15, 0.2) is 12.1 Å². The summed E-state index contributed by atoms with van der Waals surface area (Å²) >= 11 is 0. The summed E-state index contributed by atoms with van der Waals surface area (Å²) < 4.78 is 5.80. The molecule has 1 aromatic heterocycles. The van der Waals surface area contributed by atoms with Crippen LogP contribution in [-0.2, 0) is 4.74 Å². The summed E-state index contributed by atoms with van der Waals surface area (Å²) in [4.78, 5) is 19.0. The van der Waals surface area contributed by atoms with Crippen LogP contribution < -0.4 is 0 Å². The number of carbonyl (C=O) groups is 1. The minimum Gasteiger partial charge on any atom is -0.374 e. The van der Waals surface area contributed by atoms with Crippen molar-refractivity contribution < 1.29 is 9.53 Å². The molecule has 3 rings (SSSR count). The van der Waals surface area contributed by atoms with Crippen molar-refractivity contribution in [1.82, 2.24) is 9.88 Å². The standard InChI is InChI=1S/C16H19N3O2/c1-11-12(10-17)6-7-13(18-11)16(20)19-8-9-21-15-5-3-2-4-14(15)19/h6-7,14-15H,2-5,8-9H2,1H3/t14-,15-/m1/s1. The molecule has 1 aliphatic carbocycles. The Morgan fingerprint density at radius 3 is 3.00 bits per heavy atom. The maximum Gasteiger partial charge on any atom is 0.272 e. The van der Waals surface area contributed by atoms with Crippen LogP contribution in [0.25, 0.3) is 0 Å². The summed E-state index contributed by atoms with van der Waals surface area (Å²) in [7, 11) is 0. The number of rotatable bonds is 1. The van der Waals surface area contributed by atoms with Crippen LogP contribution >= 0.6 is 0 Å². The highest BCUT2D eigenvalue weighted by atomic mass is 16.5. The predicted octanol–water partition coefficient (Wildman–Crippen LogP) is 2.05. The number of aryl methyl sites for hydroxylation is 1. The lowest BCUT2D eigenvalue weighted by molar-refractivity contribution is -0.0754. The number of pyridine rings is 1. The molecule has 1 aliphatic heterocycles. The summed E-state index contributed by atoms with van der Waals surface area (Å²) in [5.41, 5.74) is 1.55. The summed E-state index contributed by atoms with van der Waals surface area (Å²) in [6, 6.07) is 5.59. The van der Waals surface area contributed by atoms with Gasteiger partial charge in [-0.15, -0.1) is 0 Å². The van der Waals surface area contributed by atoms with E-state index in [4.69, 9.17) is 10.00 Å². The van der Waals surface area contributed by atoms with E-state index >= 15 is 0 Å². The summed E-state index contributed by atoms with van der Waals surface area (Å²) in [6.45, 7) is 2.99. The normalized spacial score (nSPS) is 25.0. The van der Waals surface area contributed by atoms with Gasteiger partial charge in [0.15, 0.2) is 0 Å². The van der Waals surface area contributed by atoms with Crippen molar-refractivity contribution in [2.75, 3.05) is 13.2 Å². The highest BCUT2D eigenvalue weighted by Crippen LogP contribution is 2.29. The van der Waals surface area contributed by atoms with Crippen molar-refractivity contribution in [2.24, 2.45) is 0 Å². The van der Waals surface area contributed by atoms with Crippen molar-refractivity contribution in [3.8, 4) is 6.07 Å². The Balaban J connectivity index is 1.83. The van der Waals surface area contributed by atoms with E-state index in [-0.39, 0.29) is 18.1 Å². The number of hydrogen-bond acceptors (Lipinski definition) is 4. The average molecular weight is 285 g/mol.